The molecule has 0 spiro atoms. The highest BCUT2D eigenvalue weighted by atomic mass is 35.5. The van der Waals surface area contributed by atoms with Crippen molar-refractivity contribution in [3.05, 3.63) is 52.3 Å². The van der Waals surface area contributed by atoms with E-state index in [4.69, 9.17) is 11.6 Å². The maximum absolute atomic E-state index is 12.3. The molecule has 0 atom stereocenters. The Hall–Kier alpha value is -2.60. The Bertz CT molecular complexity index is 906. The number of halogens is 1. The van der Waals surface area contributed by atoms with E-state index in [0.717, 1.165) is 17.8 Å². The Kier molecular flexibility index (Phi) is 7.25. The average Bonchev–Trinajstić information content (AvgIpc) is 2.85. The first-order valence-corrected chi connectivity index (χ1v) is 9.98. The molecule has 1 aromatic heterocycles. The fourth-order valence-electron chi connectivity index (χ4n) is 2.68. The molecule has 0 aliphatic carbocycles. The second-order valence-corrected chi connectivity index (χ2v) is 8.83. The van der Waals surface area contributed by atoms with Crippen molar-refractivity contribution in [3.63, 3.8) is 0 Å². The number of aryl methyl sites for hydroxylation is 1. The van der Waals surface area contributed by atoms with Crippen LogP contribution in [0.5, 0.6) is 0 Å². The van der Waals surface area contributed by atoms with E-state index >= 15 is 0 Å². The van der Waals surface area contributed by atoms with Crippen molar-refractivity contribution >= 4 is 35.2 Å². The molecule has 1 heterocycles. The van der Waals surface area contributed by atoms with Crippen LogP contribution in [0.1, 0.15) is 56.2 Å². The van der Waals surface area contributed by atoms with Crippen LogP contribution in [0.15, 0.2) is 30.3 Å². The molecule has 0 unspecified atom stereocenters. The summed E-state index contributed by atoms with van der Waals surface area (Å²) < 4.78 is 1.75. The van der Waals surface area contributed by atoms with Gasteiger partial charge in [-0.05, 0) is 64.0 Å². The molecule has 0 aliphatic heterocycles. The highest BCUT2D eigenvalue weighted by molar-refractivity contribution is 6.31. The fourth-order valence-corrected chi connectivity index (χ4v) is 2.99. The van der Waals surface area contributed by atoms with Gasteiger partial charge in [0.2, 0.25) is 5.91 Å². The van der Waals surface area contributed by atoms with Gasteiger partial charge in [0.1, 0.15) is 5.15 Å². The minimum atomic E-state index is -0.308. The SMILES string of the molecule is Cc1nn(CC(C)C)c(Cl)c1/C=C/C(=O)Nc1ccc(C(=O)NC(C)(C)C)cc1. The van der Waals surface area contributed by atoms with Crippen molar-refractivity contribution < 1.29 is 9.59 Å². The molecule has 156 valence electrons. The number of anilines is 1. The summed E-state index contributed by atoms with van der Waals surface area (Å²) in [4.78, 5) is 24.4. The lowest BCUT2D eigenvalue weighted by atomic mass is 10.1. The van der Waals surface area contributed by atoms with E-state index in [1.165, 1.54) is 6.08 Å². The second-order valence-electron chi connectivity index (χ2n) is 8.47. The highest BCUT2D eigenvalue weighted by Gasteiger charge is 2.15. The van der Waals surface area contributed by atoms with Gasteiger partial charge < -0.3 is 10.6 Å². The summed E-state index contributed by atoms with van der Waals surface area (Å²) >= 11 is 6.39. The molecule has 2 N–H and O–H groups in total. The van der Waals surface area contributed by atoms with Gasteiger partial charge in [0, 0.05) is 35.0 Å². The first kappa shape index (κ1) is 22.7. The van der Waals surface area contributed by atoms with Crippen LogP contribution in [0.3, 0.4) is 0 Å². The predicted octanol–water partition coefficient (Wildman–Crippen LogP) is 4.68. The summed E-state index contributed by atoms with van der Waals surface area (Å²) in [7, 11) is 0. The van der Waals surface area contributed by atoms with Crippen molar-refractivity contribution in [2.24, 2.45) is 5.92 Å². The van der Waals surface area contributed by atoms with E-state index in [9.17, 15) is 9.59 Å². The number of hydrogen-bond acceptors (Lipinski definition) is 3. The second kappa shape index (κ2) is 9.27. The summed E-state index contributed by atoms with van der Waals surface area (Å²) in [6.07, 6.45) is 3.10. The van der Waals surface area contributed by atoms with Crippen LogP contribution in [0.2, 0.25) is 5.15 Å². The standard InChI is InChI=1S/C22H29ClN4O2/c1-14(2)13-27-20(23)18(15(3)26-27)11-12-19(28)24-17-9-7-16(8-10-17)21(29)25-22(4,5)6/h7-12,14H,13H2,1-6H3,(H,24,28)(H,25,29)/b12-11+. The quantitative estimate of drug-likeness (QED) is 0.671. The minimum Gasteiger partial charge on any atom is -0.347 e. The Morgan fingerprint density at radius 3 is 2.38 bits per heavy atom. The number of hydrogen-bond donors (Lipinski definition) is 2. The Morgan fingerprint density at radius 2 is 1.83 bits per heavy atom. The number of rotatable bonds is 6. The zero-order chi connectivity index (χ0) is 21.8. The fraction of sp³-hybridized carbons (Fsp3) is 0.409. The van der Waals surface area contributed by atoms with Crippen LogP contribution >= 0.6 is 11.6 Å². The van der Waals surface area contributed by atoms with Crippen molar-refractivity contribution in [1.82, 2.24) is 15.1 Å². The van der Waals surface area contributed by atoms with E-state index in [-0.39, 0.29) is 17.4 Å². The molecule has 2 amide bonds. The van der Waals surface area contributed by atoms with Gasteiger partial charge in [-0.25, -0.2) is 0 Å². The molecule has 2 aromatic rings. The van der Waals surface area contributed by atoms with Crippen LogP contribution in [0.4, 0.5) is 5.69 Å². The van der Waals surface area contributed by atoms with Gasteiger partial charge in [0.15, 0.2) is 0 Å². The van der Waals surface area contributed by atoms with Crippen molar-refractivity contribution in [1.29, 1.82) is 0 Å². The first-order chi connectivity index (χ1) is 13.5. The number of benzene rings is 1. The molecule has 0 saturated carbocycles. The molecule has 2 rings (SSSR count). The first-order valence-electron chi connectivity index (χ1n) is 9.61. The highest BCUT2D eigenvalue weighted by Crippen LogP contribution is 2.22. The van der Waals surface area contributed by atoms with Crippen LogP contribution in [-0.4, -0.2) is 27.1 Å². The third kappa shape index (κ3) is 6.75. The van der Waals surface area contributed by atoms with Gasteiger partial charge >= 0.3 is 0 Å². The number of nitrogens with one attached hydrogen (secondary N) is 2. The molecule has 0 fully saturated rings. The molecule has 6 nitrogen and oxygen atoms in total. The predicted molar refractivity (Wildman–Crippen MR) is 118 cm³/mol. The van der Waals surface area contributed by atoms with Gasteiger partial charge in [-0.1, -0.05) is 25.4 Å². The summed E-state index contributed by atoms with van der Waals surface area (Å²) in [5.74, 6) is -0.0249. The molecule has 1 aromatic carbocycles. The smallest absolute Gasteiger partial charge is 0.251 e. The van der Waals surface area contributed by atoms with Crippen molar-refractivity contribution in [2.75, 3.05) is 5.32 Å². The monoisotopic (exact) mass is 416 g/mol. The number of amides is 2. The normalized spacial score (nSPS) is 11.9. The molecular weight excluding hydrogens is 388 g/mol. The van der Waals surface area contributed by atoms with Gasteiger partial charge in [0.05, 0.1) is 5.69 Å². The van der Waals surface area contributed by atoms with E-state index in [1.54, 1.807) is 35.0 Å². The summed E-state index contributed by atoms with van der Waals surface area (Å²) in [6.45, 7) is 12.5. The zero-order valence-corrected chi connectivity index (χ0v) is 18.6. The molecule has 0 bridgehead atoms. The molecule has 0 radical (unpaired) electrons. The van der Waals surface area contributed by atoms with Gasteiger partial charge in [-0.15, -0.1) is 0 Å². The Labute approximate surface area is 177 Å². The molecule has 0 saturated heterocycles. The van der Waals surface area contributed by atoms with Gasteiger partial charge in [-0.3, -0.25) is 14.3 Å². The van der Waals surface area contributed by atoms with Crippen LogP contribution in [-0.2, 0) is 11.3 Å². The van der Waals surface area contributed by atoms with Crippen LogP contribution < -0.4 is 10.6 Å². The third-order valence-electron chi connectivity index (χ3n) is 3.95. The number of nitrogens with zero attached hydrogens (tertiary/aromatic N) is 2. The van der Waals surface area contributed by atoms with Gasteiger partial charge in [0.25, 0.3) is 5.91 Å². The maximum atomic E-state index is 12.3. The lowest BCUT2D eigenvalue weighted by molar-refractivity contribution is -0.111. The van der Waals surface area contributed by atoms with Crippen molar-refractivity contribution in [3.8, 4) is 0 Å². The molecule has 29 heavy (non-hydrogen) atoms. The minimum absolute atomic E-state index is 0.154. The molecular formula is C22H29ClN4O2. The Balaban J connectivity index is 2.02. The number of carbonyl (C=O) groups excluding carboxylic acids is 2. The lowest BCUT2D eigenvalue weighted by Crippen LogP contribution is -2.40. The third-order valence-corrected chi connectivity index (χ3v) is 4.35. The average molecular weight is 417 g/mol. The largest absolute Gasteiger partial charge is 0.347 e. The summed E-state index contributed by atoms with van der Waals surface area (Å²) in [5, 5.41) is 10.6. The molecule has 0 aliphatic rings. The van der Waals surface area contributed by atoms with Crippen molar-refractivity contribution in [2.45, 2.75) is 53.6 Å². The topological polar surface area (TPSA) is 76.0 Å². The summed E-state index contributed by atoms with van der Waals surface area (Å²) in [6, 6.07) is 6.75. The van der Waals surface area contributed by atoms with E-state index in [0.29, 0.717) is 22.3 Å². The Morgan fingerprint density at radius 1 is 1.21 bits per heavy atom. The zero-order valence-electron chi connectivity index (χ0n) is 17.8. The number of aromatic nitrogens is 2. The van der Waals surface area contributed by atoms with Gasteiger partial charge in [-0.2, -0.15) is 5.10 Å². The van der Waals surface area contributed by atoms with E-state index in [1.807, 2.05) is 27.7 Å². The maximum Gasteiger partial charge on any atom is 0.251 e. The van der Waals surface area contributed by atoms with Crippen LogP contribution in [0, 0.1) is 12.8 Å². The molecule has 7 heteroatoms. The lowest BCUT2D eigenvalue weighted by Gasteiger charge is -2.20. The van der Waals surface area contributed by atoms with E-state index in [2.05, 4.69) is 29.6 Å². The summed E-state index contributed by atoms with van der Waals surface area (Å²) in [5.41, 5.74) is 2.33. The van der Waals surface area contributed by atoms with Crippen LogP contribution in [0.25, 0.3) is 6.08 Å². The van der Waals surface area contributed by atoms with E-state index < -0.39 is 0 Å². The number of carbonyl (C=O) groups is 2.